The van der Waals surface area contributed by atoms with Crippen LogP contribution in [0.5, 0.6) is 0 Å². The molecule has 1 atom stereocenters. The molecule has 0 radical (unpaired) electrons. The zero-order chi connectivity index (χ0) is 31.6. The van der Waals surface area contributed by atoms with Crippen molar-refractivity contribution in [3.8, 4) is 6.07 Å². The van der Waals surface area contributed by atoms with Crippen LogP contribution in [0.15, 0.2) is 36.4 Å². The number of likely N-dealkylation sites (tertiary alicyclic amines) is 1. The molecule has 2 fully saturated rings. The summed E-state index contributed by atoms with van der Waals surface area (Å²) in [5, 5.41) is 34.5. The number of hydrogen-bond acceptors (Lipinski definition) is 8. The first kappa shape index (κ1) is 30.4. The molecule has 6 rings (SSSR count). The van der Waals surface area contributed by atoms with Gasteiger partial charge in [0.25, 0.3) is 11.8 Å². The van der Waals surface area contributed by atoms with E-state index >= 15 is 0 Å². The van der Waals surface area contributed by atoms with E-state index in [9.17, 15) is 19.6 Å². The van der Waals surface area contributed by atoms with Gasteiger partial charge in [-0.2, -0.15) is 5.26 Å². The van der Waals surface area contributed by atoms with E-state index in [0.717, 1.165) is 41.5 Å². The van der Waals surface area contributed by atoms with E-state index in [2.05, 4.69) is 42.6 Å². The van der Waals surface area contributed by atoms with Crippen molar-refractivity contribution in [2.24, 2.45) is 0 Å². The number of amides is 3. The summed E-state index contributed by atoms with van der Waals surface area (Å²) < 4.78 is 0. The van der Waals surface area contributed by atoms with Crippen molar-refractivity contribution in [2.45, 2.75) is 75.8 Å². The average molecular weight is 610 g/mol. The summed E-state index contributed by atoms with van der Waals surface area (Å²) in [5.41, 5.74) is 3.90. The third kappa shape index (κ3) is 5.68. The molecule has 2 heterocycles. The smallest absolute Gasteiger partial charge is 0.251 e. The highest BCUT2D eigenvalue weighted by Gasteiger charge is 2.54. The SMILES string of the molecule is CCNC(=O)c1ccc2c(c1)CCc1cc(C(=O)NCC)ccc1C2(CC1(NCC(=O)N2CCCC2C#N)CC1)c1nnn[nH]1. The predicted octanol–water partition coefficient (Wildman–Crippen LogP) is 2.16. The average Bonchev–Trinajstić information content (AvgIpc) is 3.40. The highest BCUT2D eigenvalue weighted by atomic mass is 16.2. The lowest BCUT2D eigenvalue weighted by Crippen LogP contribution is -2.47. The normalized spacial score (nSPS) is 19.0. The third-order valence-corrected chi connectivity index (χ3v) is 9.54. The van der Waals surface area contributed by atoms with Crippen LogP contribution in [0, 0.1) is 11.3 Å². The maximum atomic E-state index is 13.2. The fraction of sp³-hybridized carbons (Fsp3) is 0.485. The van der Waals surface area contributed by atoms with Gasteiger partial charge in [0.15, 0.2) is 5.82 Å². The van der Waals surface area contributed by atoms with E-state index < -0.39 is 5.41 Å². The molecule has 4 N–H and O–H groups in total. The van der Waals surface area contributed by atoms with Crippen LogP contribution < -0.4 is 16.0 Å². The van der Waals surface area contributed by atoms with Crippen LogP contribution in [0.3, 0.4) is 0 Å². The number of hydrogen-bond donors (Lipinski definition) is 4. The molecule has 3 aliphatic rings. The molecule has 3 aromatic rings. The maximum Gasteiger partial charge on any atom is 0.251 e. The first-order valence-electron chi connectivity index (χ1n) is 15.9. The second-order valence-corrected chi connectivity index (χ2v) is 12.3. The zero-order valence-electron chi connectivity index (χ0n) is 25.8. The number of fused-ring (bicyclic) bond motifs is 2. The lowest BCUT2D eigenvalue weighted by molar-refractivity contribution is -0.130. The molecule has 0 spiro atoms. The number of nitriles is 1. The highest BCUT2D eigenvalue weighted by Crippen LogP contribution is 2.53. The molecule has 1 unspecified atom stereocenters. The summed E-state index contributed by atoms with van der Waals surface area (Å²) >= 11 is 0. The van der Waals surface area contributed by atoms with Gasteiger partial charge in [-0.25, -0.2) is 5.10 Å². The summed E-state index contributed by atoms with van der Waals surface area (Å²) in [6.07, 6.45) is 5.10. The molecule has 1 aromatic heterocycles. The number of aromatic amines is 1. The van der Waals surface area contributed by atoms with Gasteiger partial charge >= 0.3 is 0 Å². The van der Waals surface area contributed by atoms with Gasteiger partial charge in [0.1, 0.15) is 6.04 Å². The number of carbonyl (C=O) groups is 3. The molecule has 12 nitrogen and oxygen atoms in total. The summed E-state index contributed by atoms with van der Waals surface area (Å²) in [7, 11) is 0. The van der Waals surface area contributed by atoms with Gasteiger partial charge in [0, 0.05) is 36.3 Å². The van der Waals surface area contributed by atoms with E-state index in [1.165, 1.54) is 0 Å². The number of tetrazole rings is 1. The molecule has 1 aliphatic heterocycles. The predicted molar refractivity (Wildman–Crippen MR) is 165 cm³/mol. The van der Waals surface area contributed by atoms with Crippen molar-refractivity contribution in [3.05, 3.63) is 75.6 Å². The van der Waals surface area contributed by atoms with Crippen LogP contribution in [-0.4, -0.2) is 81.0 Å². The fourth-order valence-corrected chi connectivity index (χ4v) is 7.16. The van der Waals surface area contributed by atoms with Gasteiger partial charge in [-0.05, 0) is 116 Å². The van der Waals surface area contributed by atoms with Crippen LogP contribution in [-0.2, 0) is 23.1 Å². The number of H-pyrrole nitrogens is 1. The number of nitrogens with zero attached hydrogens (tertiary/aromatic N) is 5. The monoisotopic (exact) mass is 609 g/mol. The minimum absolute atomic E-state index is 0.0690. The van der Waals surface area contributed by atoms with E-state index in [0.29, 0.717) is 62.3 Å². The Morgan fingerprint density at radius 3 is 2.13 bits per heavy atom. The molecule has 1 saturated carbocycles. The quantitative estimate of drug-likeness (QED) is 0.271. The number of carbonyl (C=O) groups excluding carboxylic acids is 3. The van der Waals surface area contributed by atoms with Crippen molar-refractivity contribution in [2.75, 3.05) is 26.2 Å². The second kappa shape index (κ2) is 12.4. The third-order valence-electron chi connectivity index (χ3n) is 9.54. The summed E-state index contributed by atoms with van der Waals surface area (Å²) in [6.45, 7) is 5.57. The van der Waals surface area contributed by atoms with E-state index in [4.69, 9.17) is 0 Å². The fourth-order valence-electron chi connectivity index (χ4n) is 7.16. The van der Waals surface area contributed by atoms with Crippen LogP contribution in [0.4, 0.5) is 0 Å². The first-order chi connectivity index (χ1) is 21.8. The van der Waals surface area contributed by atoms with Gasteiger partial charge in [-0.15, -0.1) is 5.10 Å². The molecule has 2 aliphatic carbocycles. The minimum atomic E-state index is -0.862. The number of nitrogens with one attached hydrogen (secondary N) is 4. The van der Waals surface area contributed by atoms with Gasteiger partial charge in [0.05, 0.1) is 18.0 Å². The Bertz CT molecular complexity index is 1570. The van der Waals surface area contributed by atoms with Crippen LogP contribution in [0.25, 0.3) is 0 Å². The lowest BCUT2D eigenvalue weighted by Gasteiger charge is -2.38. The Morgan fingerprint density at radius 2 is 1.62 bits per heavy atom. The van der Waals surface area contributed by atoms with E-state index in [1.807, 2.05) is 50.2 Å². The molecule has 0 bridgehead atoms. The maximum absolute atomic E-state index is 13.2. The molecular formula is C33H39N9O3. The van der Waals surface area contributed by atoms with Crippen molar-refractivity contribution in [3.63, 3.8) is 0 Å². The van der Waals surface area contributed by atoms with Gasteiger partial charge in [-0.3, -0.25) is 14.4 Å². The summed E-state index contributed by atoms with van der Waals surface area (Å²) in [6, 6.07) is 13.5. The Hall–Kier alpha value is -4.63. The van der Waals surface area contributed by atoms with Crippen molar-refractivity contribution in [1.82, 2.24) is 41.5 Å². The summed E-state index contributed by atoms with van der Waals surface area (Å²) in [4.78, 5) is 40.7. The van der Waals surface area contributed by atoms with Crippen LogP contribution in [0.1, 0.15) is 94.7 Å². The van der Waals surface area contributed by atoms with Gasteiger partial charge in [-0.1, -0.05) is 12.1 Å². The topological polar surface area (TPSA) is 169 Å². The van der Waals surface area contributed by atoms with E-state index in [1.54, 1.807) is 4.90 Å². The van der Waals surface area contributed by atoms with Gasteiger partial charge in [0.2, 0.25) is 5.91 Å². The molecule has 12 heteroatoms. The van der Waals surface area contributed by atoms with Crippen molar-refractivity contribution in [1.29, 1.82) is 5.26 Å². The van der Waals surface area contributed by atoms with E-state index in [-0.39, 0.29) is 35.8 Å². The molecule has 1 saturated heterocycles. The van der Waals surface area contributed by atoms with Crippen LogP contribution >= 0.6 is 0 Å². The number of rotatable bonds is 10. The van der Waals surface area contributed by atoms with Crippen molar-refractivity contribution < 1.29 is 14.4 Å². The number of aryl methyl sites for hydroxylation is 2. The molecule has 2 aromatic carbocycles. The second-order valence-electron chi connectivity index (χ2n) is 12.3. The lowest BCUT2D eigenvalue weighted by atomic mass is 9.67. The Morgan fingerprint density at radius 1 is 1.00 bits per heavy atom. The first-order valence-corrected chi connectivity index (χ1v) is 15.9. The Kier molecular flexibility index (Phi) is 8.38. The molecule has 3 amide bonds. The molecule has 45 heavy (non-hydrogen) atoms. The minimum Gasteiger partial charge on any atom is -0.352 e. The van der Waals surface area contributed by atoms with Gasteiger partial charge < -0.3 is 20.9 Å². The standard InChI is InChI=1S/C33H39N9O3/c1-3-35-29(44)23-9-11-26-21(16-23)7-8-22-17-24(30(45)36-4-2)10-12-27(22)33(26,31-38-40-41-39-31)20-32(13-14-32)37-19-28(43)42-15-5-6-25(42)18-34/h9-12,16-17,25,37H,3-8,13-15,19-20H2,1-2H3,(H,35,44)(H,36,45)(H,38,39,40,41). The molecular weight excluding hydrogens is 570 g/mol. The highest BCUT2D eigenvalue weighted by molar-refractivity contribution is 5.95. The number of aromatic nitrogens is 4. The van der Waals surface area contributed by atoms with Crippen molar-refractivity contribution >= 4 is 17.7 Å². The van der Waals surface area contributed by atoms with Crippen LogP contribution in [0.2, 0.25) is 0 Å². The molecule has 234 valence electrons. The zero-order valence-corrected chi connectivity index (χ0v) is 25.8. The Balaban J connectivity index is 1.45. The Labute approximate surface area is 262 Å². The number of benzene rings is 2. The largest absolute Gasteiger partial charge is 0.352 e. The summed E-state index contributed by atoms with van der Waals surface area (Å²) in [5.74, 6) is 0.223.